The van der Waals surface area contributed by atoms with Crippen LogP contribution in [0.25, 0.3) is 6.08 Å². The van der Waals surface area contributed by atoms with Crippen LogP contribution < -0.4 is 5.32 Å². The van der Waals surface area contributed by atoms with E-state index in [1.54, 1.807) is 42.6 Å². The highest BCUT2D eigenvalue weighted by molar-refractivity contribution is 7.15. The Labute approximate surface area is 164 Å². The van der Waals surface area contributed by atoms with E-state index >= 15 is 0 Å². The van der Waals surface area contributed by atoms with Crippen LogP contribution in [0.2, 0.25) is 5.02 Å². The lowest BCUT2D eigenvalue weighted by atomic mass is 10.1. The van der Waals surface area contributed by atoms with Crippen LogP contribution >= 0.6 is 22.9 Å². The molecular formula is C20H13ClFN3OS. The molecule has 2 aromatic carbocycles. The van der Waals surface area contributed by atoms with Crippen molar-refractivity contribution in [2.24, 2.45) is 0 Å². The number of halogens is 2. The molecular weight excluding hydrogens is 385 g/mol. The van der Waals surface area contributed by atoms with E-state index in [-0.39, 0.29) is 11.4 Å². The van der Waals surface area contributed by atoms with Gasteiger partial charge in [0.2, 0.25) is 0 Å². The SMILES string of the molecule is N#CC(=Cc1ccccc1Cl)C(=O)Nc1ncc(Cc2ccc(F)cc2)s1. The molecule has 134 valence electrons. The molecule has 0 spiro atoms. The molecule has 0 saturated carbocycles. The first-order chi connectivity index (χ1) is 13.0. The van der Waals surface area contributed by atoms with Crippen molar-refractivity contribution in [1.29, 1.82) is 5.26 Å². The predicted octanol–water partition coefficient (Wildman–Crippen LogP) is 5.07. The van der Waals surface area contributed by atoms with Crippen LogP contribution in [0.15, 0.2) is 60.3 Å². The number of nitrogens with zero attached hydrogens (tertiary/aromatic N) is 2. The summed E-state index contributed by atoms with van der Waals surface area (Å²) in [6.07, 6.45) is 3.66. The molecule has 0 bridgehead atoms. The van der Waals surface area contributed by atoms with Gasteiger partial charge in [0.25, 0.3) is 5.91 Å². The largest absolute Gasteiger partial charge is 0.297 e. The fraction of sp³-hybridized carbons (Fsp3) is 0.0500. The molecule has 7 heteroatoms. The van der Waals surface area contributed by atoms with Crippen LogP contribution in [-0.2, 0) is 11.2 Å². The van der Waals surface area contributed by atoms with E-state index in [0.717, 1.165) is 10.4 Å². The van der Waals surface area contributed by atoms with Crippen molar-refractivity contribution in [3.63, 3.8) is 0 Å². The number of thiazole rings is 1. The van der Waals surface area contributed by atoms with Gasteiger partial charge in [-0.1, -0.05) is 41.9 Å². The van der Waals surface area contributed by atoms with Crippen LogP contribution in [0.3, 0.4) is 0 Å². The highest BCUT2D eigenvalue weighted by atomic mass is 35.5. The van der Waals surface area contributed by atoms with Gasteiger partial charge in [0.05, 0.1) is 0 Å². The Balaban J connectivity index is 1.70. The van der Waals surface area contributed by atoms with E-state index in [4.69, 9.17) is 11.6 Å². The summed E-state index contributed by atoms with van der Waals surface area (Å²) < 4.78 is 13.0. The zero-order valence-corrected chi connectivity index (χ0v) is 15.5. The van der Waals surface area contributed by atoms with E-state index in [1.165, 1.54) is 29.5 Å². The minimum Gasteiger partial charge on any atom is -0.297 e. The minimum absolute atomic E-state index is 0.0709. The number of nitriles is 1. The summed E-state index contributed by atoms with van der Waals surface area (Å²) >= 11 is 7.36. The molecule has 0 atom stereocenters. The molecule has 1 N–H and O–H groups in total. The molecule has 0 aliphatic heterocycles. The van der Waals surface area contributed by atoms with Crippen molar-refractivity contribution < 1.29 is 9.18 Å². The second kappa shape index (κ2) is 8.58. The quantitative estimate of drug-likeness (QED) is 0.482. The zero-order valence-electron chi connectivity index (χ0n) is 13.9. The second-order valence-corrected chi connectivity index (χ2v) is 7.10. The Bertz CT molecular complexity index is 1040. The predicted molar refractivity (Wildman–Crippen MR) is 105 cm³/mol. The fourth-order valence-electron chi connectivity index (χ4n) is 2.31. The number of anilines is 1. The van der Waals surface area contributed by atoms with Gasteiger partial charge < -0.3 is 0 Å². The van der Waals surface area contributed by atoms with Crippen molar-refractivity contribution in [3.05, 3.63) is 87.1 Å². The van der Waals surface area contributed by atoms with Gasteiger partial charge >= 0.3 is 0 Å². The van der Waals surface area contributed by atoms with Crippen molar-refractivity contribution in [3.8, 4) is 6.07 Å². The van der Waals surface area contributed by atoms with Gasteiger partial charge in [-0.05, 0) is 35.4 Å². The molecule has 0 aliphatic carbocycles. The summed E-state index contributed by atoms with van der Waals surface area (Å²) in [7, 11) is 0. The van der Waals surface area contributed by atoms with Crippen LogP contribution in [0.5, 0.6) is 0 Å². The van der Waals surface area contributed by atoms with E-state index in [9.17, 15) is 14.4 Å². The Morgan fingerprint density at radius 3 is 2.70 bits per heavy atom. The van der Waals surface area contributed by atoms with Gasteiger partial charge in [0.15, 0.2) is 5.13 Å². The molecule has 0 saturated heterocycles. The summed E-state index contributed by atoms with van der Waals surface area (Å²) in [5.74, 6) is -0.842. The third-order valence-corrected chi connectivity index (χ3v) is 4.89. The number of hydrogen-bond acceptors (Lipinski definition) is 4. The normalized spacial score (nSPS) is 11.1. The summed E-state index contributed by atoms with van der Waals surface area (Å²) in [4.78, 5) is 17.4. The van der Waals surface area contributed by atoms with Gasteiger partial charge in [-0.2, -0.15) is 5.26 Å². The molecule has 1 aromatic heterocycles. The van der Waals surface area contributed by atoms with Gasteiger partial charge in [-0.15, -0.1) is 11.3 Å². The maximum absolute atomic E-state index is 13.0. The lowest BCUT2D eigenvalue weighted by Gasteiger charge is -2.01. The topological polar surface area (TPSA) is 65.8 Å². The molecule has 0 radical (unpaired) electrons. The highest BCUT2D eigenvalue weighted by Gasteiger charge is 2.13. The number of aromatic nitrogens is 1. The van der Waals surface area contributed by atoms with Crippen LogP contribution in [0.1, 0.15) is 16.0 Å². The Morgan fingerprint density at radius 2 is 2.00 bits per heavy atom. The highest BCUT2D eigenvalue weighted by Crippen LogP contribution is 2.23. The molecule has 0 fully saturated rings. The van der Waals surface area contributed by atoms with E-state index in [1.807, 2.05) is 6.07 Å². The Morgan fingerprint density at radius 1 is 1.26 bits per heavy atom. The number of nitrogens with one attached hydrogen (secondary N) is 1. The van der Waals surface area contributed by atoms with Gasteiger partial charge in [-0.3, -0.25) is 10.1 Å². The average molecular weight is 398 g/mol. The first-order valence-electron chi connectivity index (χ1n) is 7.92. The molecule has 3 aromatic rings. The van der Waals surface area contributed by atoms with Gasteiger partial charge in [0, 0.05) is 22.5 Å². The first kappa shape index (κ1) is 18.8. The van der Waals surface area contributed by atoms with Crippen LogP contribution in [0.4, 0.5) is 9.52 Å². The van der Waals surface area contributed by atoms with Crippen LogP contribution in [0, 0.1) is 17.1 Å². The molecule has 27 heavy (non-hydrogen) atoms. The molecule has 1 heterocycles. The number of amides is 1. The monoisotopic (exact) mass is 397 g/mol. The lowest BCUT2D eigenvalue weighted by molar-refractivity contribution is -0.112. The van der Waals surface area contributed by atoms with Crippen molar-refractivity contribution in [2.45, 2.75) is 6.42 Å². The molecule has 0 aliphatic rings. The fourth-order valence-corrected chi connectivity index (χ4v) is 3.34. The third-order valence-electron chi connectivity index (χ3n) is 3.64. The molecule has 4 nitrogen and oxygen atoms in total. The summed E-state index contributed by atoms with van der Waals surface area (Å²) in [5.41, 5.74) is 1.45. The Hall–Kier alpha value is -3.01. The van der Waals surface area contributed by atoms with Crippen molar-refractivity contribution >= 4 is 40.1 Å². The number of benzene rings is 2. The van der Waals surface area contributed by atoms with Crippen molar-refractivity contribution in [2.75, 3.05) is 5.32 Å². The van der Waals surface area contributed by atoms with Crippen LogP contribution in [-0.4, -0.2) is 10.9 Å². The maximum Gasteiger partial charge on any atom is 0.268 e. The third kappa shape index (κ3) is 5.00. The van der Waals surface area contributed by atoms with E-state index in [2.05, 4.69) is 10.3 Å². The molecule has 0 unspecified atom stereocenters. The number of hydrogen-bond donors (Lipinski definition) is 1. The summed E-state index contributed by atoms with van der Waals surface area (Å²) in [6.45, 7) is 0. The number of carbonyl (C=O) groups is 1. The van der Waals surface area contributed by atoms with Gasteiger partial charge in [0.1, 0.15) is 17.5 Å². The first-order valence-corrected chi connectivity index (χ1v) is 9.11. The second-order valence-electron chi connectivity index (χ2n) is 5.58. The number of carbonyl (C=O) groups excluding carboxylic acids is 1. The number of rotatable bonds is 5. The standard InChI is InChI=1S/C20H13ClFN3OS/c21-18-4-2-1-3-14(18)10-15(11-23)19(26)25-20-24-12-17(27-20)9-13-5-7-16(22)8-6-13/h1-8,10,12H,9H2,(H,24,25,26). The van der Waals surface area contributed by atoms with E-state index in [0.29, 0.717) is 22.1 Å². The zero-order chi connectivity index (χ0) is 19.2. The van der Waals surface area contributed by atoms with Crippen molar-refractivity contribution in [1.82, 2.24) is 4.98 Å². The Kier molecular flexibility index (Phi) is 5.97. The average Bonchev–Trinajstić information content (AvgIpc) is 3.09. The smallest absolute Gasteiger partial charge is 0.268 e. The molecule has 1 amide bonds. The maximum atomic E-state index is 13.0. The van der Waals surface area contributed by atoms with E-state index < -0.39 is 5.91 Å². The molecule has 3 rings (SSSR count). The van der Waals surface area contributed by atoms with Gasteiger partial charge in [-0.25, -0.2) is 9.37 Å². The summed E-state index contributed by atoms with van der Waals surface area (Å²) in [5, 5.41) is 12.7. The minimum atomic E-state index is -0.555. The lowest BCUT2D eigenvalue weighted by Crippen LogP contribution is -2.13. The summed E-state index contributed by atoms with van der Waals surface area (Å²) in [6, 6.07) is 15.0.